The molecule has 164 valence electrons. The number of amides is 2. The van der Waals surface area contributed by atoms with Crippen LogP contribution in [0.4, 0.5) is 0 Å². The molecule has 5 rings (SSSR count). The van der Waals surface area contributed by atoms with E-state index in [2.05, 4.69) is 10.00 Å². The van der Waals surface area contributed by atoms with Gasteiger partial charge >= 0.3 is 0 Å². The standard InChI is InChI=1S/C25H27N5O2/c1-27-22(14-19-8-4-2-5-9-19)25(32)29-13-12-28(18-23(29)24(27)31)16-20-15-26-30(17-20)21-10-6-3-7-11-21/h2-11,15,17,22-23H,12-14,16,18H2,1H3/t22-,23+/m0/s1. The molecule has 7 nitrogen and oxygen atoms in total. The number of para-hydroxylation sites is 1. The largest absolute Gasteiger partial charge is 0.332 e. The van der Waals surface area contributed by atoms with E-state index in [0.29, 0.717) is 26.1 Å². The summed E-state index contributed by atoms with van der Waals surface area (Å²) >= 11 is 0. The van der Waals surface area contributed by atoms with E-state index in [-0.39, 0.29) is 11.8 Å². The second-order valence-corrected chi connectivity index (χ2v) is 8.57. The van der Waals surface area contributed by atoms with Crippen molar-refractivity contribution in [2.75, 3.05) is 26.7 Å². The molecule has 2 amide bonds. The highest BCUT2D eigenvalue weighted by atomic mass is 16.2. The van der Waals surface area contributed by atoms with Gasteiger partial charge in [-0.25, -0.2) is 4.68 Å². The van der Waals surface area contributed by atoms with Crippen LogP contribution in [0.5, 0.6) is 0 Å². The third-order valence-electron chi connectivity index (χ3n) is 6.47. The van der Waals surface area contributed by atoms with E-state index in [1.54, 1.807) is 16.8 Å². The van der Waals surface area contributed by atoms with Gasteiger partial charge in [0.05, 0.1) is 11.9 Å². The molecule has 0 N–H and O–H groups in total. The molecule has 7 heteroatoms. The van der Waals surface area contributed by atoms with Crippen molar-refractivity contribution in [3.8, 4) is 5.69 Å². The summed E-state index contributed by atoms with van der Waals surface area (Å²) in [4.78, 5) is 32.1. The van der Waals surface area contributed by atoms with Crippen LogP contribution in [0.25, 0.3) is 5.69 Å². The third-order valence-corrected chi connectivity index (χ3v) is 6.47. The first-order valence-electron chi connectivity index (χ1n) is 11.0. The lowest BCUT2D eigenvalue weighted by Crippen LogP contribution is -2.69. The molecule has 3 aromatic rings. The number of aromatic nitrogens is 2. The topological polar surface area (TPSA) is 61.7 Å². The lowest BCUT2D eigenvalue weighted by molar-refractivity contribution is -0.164. The van der Waals surface area contributed by atoms with Crippen molar-refractivity contribution in [3.63, 3.8) is 0 Å². The Morgan fingerprint density at radius 1 is 0.906 bits per heavy atom. The fourth-order valence-corrected chi connectivity index (χ4v) is 4.69. The van der Waals surface area contributed by atoms with Gasteiger partial charge in [0, 0.05) is 51.4 Å². The van der Waals surface area contributed by atoms with Gasteiger partial charge in [-0.3, -0.25) is 14.5 Å². The molecule has 2 aliphatic rings. The van der Waals surface area contributed by atoms with Gasteiger partial charge < -0.3 is 9.80 Å². The maximum atomic E-state index is 13.2. The molecular formula is C25H27N5O2. The summed E-state index contributed by atoms with van der Waals surface area (Å²) in [5, 5.41) is 4.47. The number of hydrogen-bond acceptors (Lipinski definition) is 4. The van der Waals surface area contributed by atoms with Crippen molar-refractivity contribution >= 4 is 11.8 Å². The summed E-state index contributed by atoms with van der Waals surface area (Å²) in [6.07, 6.45) is 4.44. The summed E-state index contributed by atoms with van der Waals surface area (Å²) < 4.78 is 1.86. The van der Waals surface area contributed by atoms with Crippen LogP contribution in [-0.4, -0.2) is 75.1 Å². The lowest BCUT2D eigenvalue weighted by Gasteiger charge is -2.48. The van der Waals surface area contributed by atoms with Crippen molar-refractivity contribution in [3.05, 3.63) is 84.2 Å². The number of fused-ring (bicyclic) bond motifs is 1. The molecule has 0 radical (unpaired) electrons. The molecule has 0 spiro atoms. The number of carbonyl (C=O) groups is 2. The average Bonchev–Trinajstić information content (AvgIpc) is 3.30. The molecule has 2 aliphatic heterocycles. The summed E-state index contributed by atoms with van der Waals surface area (Å²) in [6.45, 7) is 2.56. The smallest absolute Gasteiger partial charge is 0.247 e. The number of likely N-dealkylation sites (N-methyl/N-ethyl adjacent to an activating group) is 1. The summed E-state index contributed by atoms with van der Waals surface area (Å²) in [5.74, 6) is 0.0766. The number of piperazine rings is 2. The fourth-order valence-electron chi connectivity index (χ4n) is 4.69. The molecule has 2 saturated heterocycles. The second-order valence-electron chi connectivity index (χ2n) is 8.57. The molecule has 3 heterocycles. The van der Waals surface area contributed by atoms with Gasteiger partial charge in [-0.15, -0.1) is 0 Å². The number of benzene rings is 2. The van der Waals surface area contributed by atoms with Crippen LogP contribution >= 0.6 is 0 Å². The maximum Gasteiger partial charge on any atom is 0.247 e. The highest BCUT2D eigenvalue weighted by Crippen LogP contribution is 2.24. The van der Waals surface area contributed by atoms with Crippen LogP contribution in [0, 0.1) is 0 Å². The quantitative estimate of drug-likeness (QED) is 0.622. The molecular weight excluding hydrogens is 402 g/mol. The van der Waals surface area contributed by atoms with Gasteiger partial charge in [-0.05, 0) is 17.7 Å². The zero-order valence-electron chi connectivity index (χ0n) is 18.2. The van der Waals surface area contributed by atoms with Crippen LogP contribution in [0.1, 0.15) is 11.1 Å². The van der Waals surface area contributed by atoms with Crippen molar-refractivity contribution in [2.24, 2.45) is 0 Å². The van der Waals surface area contributed by atoms with Gasteiger partial charge in [0.2, 0.25) is 11.8 Å². The van der Waals surface area contributed by atoms with Gasteiger partial charge in [0.1, 0.15) is 12.1 Å². The molecule has 0 saturated carbocycles. The Hall–Kier alpha value is -3.45. The van der Waals surface area contributed by atoms with E-state index in [1.807, 2.05) is 77.7 Å². The van der Waals surface area contributed by atoms with Crippen LogP contribution in [0.15, 0.2) is 73.1 Å². The Balaban J connectivity index is 1.26. The van der Waals surface area contributed by atoms with E-state index in [0.717, 1.165) is 23.4 Å². The first-order valence-corrected chi connectivity index (χ1v) is 11.0. The van der Waals surface area contributed by atoms with E-state index >= 15 is 0 Å². The van der Waals surface area contributed by atoms with Crippen LogP contribution < -0.4 is 0 Å². The fraction of sp³-hybridized carbons (Fsp3) is 0.320. The van der Waals surface area contributed by atoms with Gasteiger partial charge in [0.15, 0.2) is 0 Å². The second kappa shape index (κ2) is 8.59. The Bertz CT molecular complexity index is 1100. The van der Waals surface area contributed by atoms with Crippen molar-refractivity contribution in [1.82, 2.24) is 24.5 Å². The van der Waals surface area contributed by atoms with Crippen molar-refractivity contribution in [1.29, 1.82) is 0 Å². The van der Waals surface area contributed by atoms with Crippen molar-refractivity contribution in [2.45, 2.75) is 25.0 Å². The van der Waals surface area contributed by atoms with Gasteiger partial charge in [-0.2, -0.15) is 5.10 Å². The first kappa shape index (κ1) is 20.5. The molecule has 0 aliphatic carbocycles. The zero-order chi connectivity index (χ0) is 22.1. The average molecular weight is 430 g/mol. The minimum absolute atomic E-state index is 0.0233. The maximum absolute atomic E-state index is 13.2. The lowest BCUT2D eigenvalue weighted by atomic mass is 9.97. The molecule has 0 unspecified atom stereocenters. The van der Waals surface area contributed by atoms with E-state index in [9.17, 15) is 9.59 Å². The van der Waals surface area contributed by atoms with Gasteiger partial charge in [-0.1, -0.05) is 48.5 Å². The Labute approximate surface area is 187 Å². The van der Waals surface area contributed by atoms with E-state index in [4.69, 9.17) is 0 Å². The summed E-state index contributed by atoms with van der Waals surface area (Å²) in [7, 11) is 1.76. The van der Waals surface area contributed by atoms with Crippen LogP contribution in [-0.2, 0) is 22.6 Å². The Kier molecular flexibility index (Phi) is 5.49. The highest BCUT2D eigenvalue weighted by molar-refractivity contribution is 5.97. The first-order chi connectivity index (χ1) is 15.6. The SMILES string of the molecule is CN1C(=O)[C@H]2CN(Cc3cnn(-c4ccccc4)c3)CCN2C(=O)[C@@H]1Cc1ccccc1. The third kappa shape index (κ3) is 3.91. The Morgan fingerprint density at radius 3 is 2.38 bits per heavy atom. The normalized spacial score (nSPS) is 21.7. The van der Waals surface area contributed by atoms with Crippen LogP contribution in [0.3, 0.4) is 0 Å². The number of hydrogen-bond donors (Lipinski definition) is 0. The van der Waals surface area contributed by atoms with Gasteiger partial charge in [0.25, 0.3) is 0 Å². The summed E-state index contributed by atoms with van der Waals surface area (Å²) in [6, 6.07) is 19.0. The number of rotatable bonds is 5. The Morgan fingerprint density at radius 2 is 1.62 bits per heavy atom. The molecule has 0 bridgehead atoms. The summed E-state index contributed by atoms with van der Waals surface area (Å²) in [5.41, 5.74) is 3.17. The molecule has 1 aromatic heterocycles. The highest BCUT2D eigenvalue weighted by Gasteiger charge is 2.46. The monoisotopic (exact) mass is 429 g/mol. The number of nitrogens with zero attached hydrogens (tertiary/aromatic N) is 5. The van der Waals surface area contributed by atoms with E-state index in [1.165, 1.54) is 0 Å². The predicted octanol–water partition coefficient (Wildman–Crippen LogP) is 1.97. The minimum Gasteiger partial charge on any atom is -0.332 e. The molecule has 32 heavy (non-hydrogen) atoms. The predicted molar refractivity (Wildman–Crippen MR) is 121 cm³/mol. The molecule has 2 atom stereocenters. The number of carbonyl (C=O) groups excluding carboxylic acids is 2. The van der Waals surface area contributed by atoms with Crippen molar-refractivity contribution < 1.29 is 9.59 Å². The zero-order valence-corrected chi connectivity index (χ0v) is 18.2. The van der Waals surface area contributed by atoms with Crippen LogP contribution in [0.2, 0.25) is 0 Å². The minimum atomic E-state index is -0.434. The van der Waals surface area contributed by atoms with E-state index < -0.39 is 12.1 Å². The molecule has 2 fully saturated rings. The molecule has 2 aromatic carbocycles.